The Morgan fingerprint density at radius 1 is 1.18 bits per heavy atom. The molecule has 3 aromatic rings. The van der Waals surface area contributed by atoms with Crippen LogP contribution in [0.1, 0.15) is 15.9 Å². The quantitative estimate of drug-likeness (QED) is 0.573. The van der Waals surface area contributed by atoms with Crippen LogP contribution in [0.25, 0.3) is 10.9 Å². The first-order valence-corrected chi connectivity index (χ1v) is 6.81. The molecule has 0 aliphatic carbocycles. The summed E-state index contributed by atoms with van der Waals surface area (Å²) in [5, 5.41) is 4.86. The van der Waals surface area contributed by atoms with Crippen LogP contribution >= 0.6 is 0 Å². The third-order valence-electron chi connectivity index (χ3n) is 3.33. The number of aromatic nitrogens is 1. The fraction of sp³-hybridized carbons (Fsp3) is 0.0588. The molecule has 3 rings (SSSR count). The van der Waals surface area contributed by atoms with Crippen LogP contribution in [0.3, 0.4) is 0 Å². The van der Waals surface area contributed by atoms with Gasteiger partial charge < -0.3 is 9.72 Å². The summed E-state index contributed by atoms with van der Waals surface area (Å²) in [7, 11) is 1.62. The Kier molecular flexibility index (Phi) is 3.87. The van der Waals surface area contributed by atoms with Gasteiger partial charge in [-0.1, -0.05) is 18.2 Å². The summed E-state index contributed by atoms with van der Waals surface area (Å²) in [5.41, 5.74) is 4.90. The van der Waals surface area contributed by atoms with Crippen LogP contribution < -0.4 is 10.2 Å². The Hall–Kier alpha value is -3.08. The van der Waals surface area contributed by atoms with Gasteiger partial charge in [0.15, 0.2) is 0 Å². The standard InChI is InChI=1S/C17H15N3O2/c1-22-13-8-6-12(7-9-13)10-19-20-17(21)15-11-18-16-5-3-2-4-14(15)16/h2-11,18H,1H3,(H,20,21)/b19-10-. The highest BCUT2D eigenvalue weighted by atomic mass is 16.5. The number of amides is 1. The second kappa shape index (κ2) is 6.13. The maximum atomic E-state index is 12.1. The lowest BCUT2D eigenvalue weighted by Crippen LogP contribution is -2.17. The number of hydrogen-bond acceptors (Lipinski definition) is 3. The molecule has 5 nitrogen and oxygen atoms in total. The topological polar surface area (TPSA) is 66.5 Å². The third kappa shape index (κ3) is 2.83. The molecule has 0 spiro atoms. The lowest BCUT2D eigenvalue weighted by Gasteiger charge is -2.00. The lowest BCUT2D eigenvalue weighted by molar-refractivity contribution is 0.0957. The number of nitrogens with one attached hydrogen (secondary N) is 2. The number of H-pyrrole nitrogens is 1. The predicted octanol–water partition coefficient (Wildman–Crippen LogP) is 2.94. The highest BCUT2D eigenvalue weighted by molar-refractivity contribution is 6.06. The van der Waals surface area contributed by atoms with Gasteiger partial charge in [0.2, 0.25) is 0 Å². The molecule has 0 aliphatic rings. The number of benzene rings is 2. The summed E-state index contributed by atoms with van der Waals surface area (Å²) in [6, 6.07) is 15.0. The van der Waals surface area contributed by atoms with Gasteiger partial charge in [0.25, 0.3) is 5.91 Å². The van der Waals surface area contributed by atoms with Crippen molar-refractivity contribution in [3.63, 3.8) is 0 Å². The largest absolute Gasteiger partial charge is 0.497 e. The molecule has 1 aromatic heterocycles. The number of para-hydroxylation sites is 1. The van der Waals surface area contributed by atoms with Crippen LogP contribution in [0.5, 0.6) is 5.75 Å². The van der Waals surface area contributed by atoms with Gasteiger partial charge in [-0.25, -0.2) is 5.43 Å². The van der Waals surface area contributed by atoms with Gasteiger partial charge in [0.1, 0.15) is 5.75 Å². The minimum absolute atomic E-state index is 0.248. The molecule has 5 heteroatoms. The average molecular weight is 293 g/mol. The Morgan fingerprint density at radius 3 is 2.73 bits per heavy atom. The highest BCUT2D eigenvalue weighted by Gasteiger charge is 2.10. The Labute approximate surface area is 127 Å². The van der Waals surface area contributed by atoms with E-state index in [4.69, 9.17) is 4.74 Å². The second-order valence-corrected chi connectivity index (χ2v) is 4.72. The number of hydrazone groups is 1. The smallest absolute Gasteiger partial charge is 0.273 e. The molecular weight excluding hydrogens is 278 g/mol. The second-order valence-electron chi connectivity index (χ2n) is 4.72. The van der Waals surface area contributed by atoms with Gasteiger partial charge in [-0.2, -0.15) is 5.10 Å². The molecule has 22 heavy (non-hydrogen) atoms. The Balaban J connectivity index is 1.70. The van der Waals surface area contributed by atoms with Crippen molar-refractivity contribution in [3.05, 3.63) is 65.9 Å². The van der Waals surface area contributed by atoms with E-state index in [2.05, 4.69) is 15.5 Å². The van der Waals surface area contributed by atoms with Crippen LogP contribution in [-0.4, -0.2) is 24.2 Å². The van der Waals surface area contributed by atoms with Gasteiger partial charge in [0, 0.05) is 17.1 Å². The molecule has 1 heterocycles. The van der Waals surface area contributed by atoms with E-state index >= 15 is 0 Å². The van der Waals surface area contributed by atoms with E-state index in [0.29, 0.717) is 5.56 Å². The monoisotopic (exact) mass is 293 g/mol. The van der Waals surface area contributed by atoms with Crippen molar-refractivity contribution in [2.75, 3.05) is 7.11 Å². The normalized spacial score (nSPS) is 11.0. The summed E-state index contributed by atoms with van der Waals surface area (Å²) < 4.78 is 5.08. The molecule has 0 saturated heterocycles. The van der Waals surface area contributed by atoms with E-state index in [-0.39, 0.29) is 5.91 Å². The molecule has 0 unspecified atom stereocenters. The van der Waals surface area contributed by atoms with E-state index in [0.717, 1.165) is 22.2 Å². The van der Waals surface area contributed by atoms with Crippen molar-refractivity contribution in [2.24, 2.45) is 5.10 Å². The molecule has 0 fully saturated rings. The summed E-state index contributed by atoms with van der Waals surface area (Å²) in [4.78, 5) is 15.2. The van der Waals surface area contributed by atoms with Crippen molar-refractivity contribution in [3.8, 4) is 5.75 Å². The van der Waals surface area contributed by atoms with Gasteiger partial charge in [-0.3, -0.25) is 4.79 Å². The van der Waals surface area contributed by atoms with Crippen LogP contribution in [0, 0.1) is 0 Å². The van der Waals surface area contributed by atoms with Crippen LogP contribution in [0.2, 0.25) is 0 Å². The lowest BCUT2D eigenvalue weighted by atomic mass is 10.2. The molecule has 0 saturated carbocycles. The third-order valence-corrected chi connectivity index (χ3v) is 3.33. The number of nitrogens with zero attached hydrogens (tertiary/aromatic N) is 1. The number of fused-ring (bicyclic) bond motifs is 1. The fourth-order valence-electron chi connectivity index (χ4n) is 2.18. The molecule has 0 radical (unpaired) electrons. The minimum atomic E-state index is -0.248. The van der Waals surface area contributed by atoms with E-state index in [1.807, 2.05) is 48.5 Å². The molecule has 0 atom stereocenters. The predicted molar refractivity (Wildman–Crippen MR) is 86.4 cm³/mol. The summed E-state index contributed by atoms with van der Waals surface area (Å²) >= 11 is 0. The molecule has 2 aromatic carbocycles. The molecule has 0 bridgehead atoms. The van der Waals surface area contributed by atoms with E-state index in [9.17, 15) is 4.79 Å². The van der Waals surface area contributed by atoms with Crippen molar-refractivity contribution in [1.82, 2.24) is 10.4 Å². The van der Waals surface area contributed by atoms with E-state index in [1.54, 1.807) is 19.5 Å². The zero-order valence-electron chi connectivity index (χ0n) is 12.0. The van der Waals surface area contributed by atoms with Crippen LogP contribution in [-0.2, 0) is 0 Å². The Morgan fingerprint density at radius 2 is 1.95 bits per heavy atom. The maximum Gasteiger partial charge on any atom is 0.273 e. The summed E-state index contributed by atoms with van der Waals surface area (Å²) in [5.74, 6) is 0.530. The number of carbonyl (C=O) groups excluding carboxylic acids is 1. The number of rotatable bonds is 4. The molecule has 0 aliphatic heterocycles. The van der Waals surface area contributed by atoms with Crippen molar-refractivity contribution in [1.29, 1.82) is 0 Å². The zero-order chi connectivity index (χ0) is 15.4. The number of methoxy groups -OCH3 is 1. The number of aromatic amines is 1. The number of ether oxygens (including phenoxy) is 1. The molecule has 2 N–H and O–H groups in total. The first kappa shape index (κ1) is 13.9. The van der Waals surface area contributed by atoms with Crippen molar-refractivity contribution >= 4 is 23.0 Å². The van der Waals surface area contributed by atoms with Crippen molar-refractivity contribution in [2.45, 2.75) is 0 Å². The van der Waals surface area contributed by atoms with Crippen LogP contribution in [0.4, 0.5) is 0 Å². The van der Waals surface area contributed by atoms with Gasteiger partial charge in [-0.15, -0.1) is 0 Å². The molecule has 110 valence electrons. The summed E-state index contributed by atoms with van der Waals surface area (Å²) in [6.45, 7) is 0. The van der Waals surface area contributed by atoms with Crippen molar-refractivity contribution < 1.29 is 9.53 Å². The first-order chi connectivity index (χ1) is 10.8. The maximum absolute atomic E-state index is 12.1. The highest BCUT2D eigenvalue weighted by Crippen LogP contribution is 2.17. The van der Waals surface area contributed by atoms with Crippen LogP contribution in [0.15, 0.2) is 59.8 Å². The fourth-order valence-corrected chi connectivity index (χ4v) is 2.18. The Bertz CT molecular complexity index is 819. The summed E-state index contributed by atoms with van der Waals surface area (Å²) in [6.07, 6.45) is 3.27. The first-order valence-electron chi connectivity index (χ1n) is 6.81. The average Bonchev–Trinajstić information content (AvgIpc) is 2.99. The van der Waals surface area contributed by atoms with E-state index in [1.165, 1.54) is 0 Å². The SMILES string of the molecule is COc1ccc(/C=N\NC(=O)c2c[nH]c3ccccc23)cc1. The van der Waals surface area contributed by atoms with Gasteiger partial charge in [-0.05, 0) is 35.9 Å². The minimum Gasteiger partial charge on any atom is -0.497 e. The molecule has 1 amide bonds. The molecular formula is C17H15N3O2. The zero-order valence-corrected chi connectivity index (χ0v) is 12.0. The van der Waals surface area contributed by atoms with Gasteiger partial charge >= 0.3 is 0 Å². The number of carbonyl (C=O) groups is 1. The number of hydrogen-bond donors (Lipinski definition) is 2. The van der Waals surface area contributed by atoms with E-state index < -0.39 is 0 Å². The van der Waals surface area contributed by atoms with Gasteiger partial charge in [0.05, 0.1) is 18.9 Å².